The van der Waals surface area contributed by atoms with E-state index in [1.807, 2.05) is 0 Å². The Morgan fingerprint density at radius 2 is 2.33 bits per heavy atom. The Kier molecular flexibility index (Phi) is 4.23. The Bertz CT molecular complexity index is 368. The summed E-state index contributed by atoms with van der Waals surface area (Å²) in [6, 6.07) is 3.99. The number of carbonyl (C=O) groups excluding carboxylic acids is 1. The molecule has 1 atom stereocenters. The van der Waals surface area contributed by atoms with Gasteiger partial charge in [-0.2, -0.15) is 0 Å². The molecule has 0 aromatic heterocycles. The molecule has 15 heavy (non-hydrogen) atoms. The van der Waals surface area contributed by atoms with Crippen LogP contribution in [0.1, 0.15) is 12.5 Å². The number of rotatable bonds is 3. The van der Waals surface area contributed by atoms with Gasteiger partial charge in [-0.15, -0.1) is 0 Å². The lowest BCUT2D eigenvalue weighted by Crippen LogP contribution is -2.37. The van der Waals surface area contributed by atoms with Gasteiger partial charge in [-0.05, 0) is 25.1 Å². The van der Waals surface area contributed by atoms with Crippen LogP contribution in [0.3, 0.4) is 0 Å². The predicted octanol–water partition coefficient (Wildman–Crippen LogP) is 1.55. The van der Waals surface area contributed by atoms with Gasteiger partial charge in [-0.25, -0.2) is 4.39 Å². The highest BCUT2D eigenvalue weighted by Gasteiger charge is 2.08. The molecular formula is C10H12BrFN2O. The van der Waals surface area contributed by atoms with Crippen molar-refractivity contribution in [2.45, 2.75) is 19.5 Å². The number of nitrogens with one attached hydrogen (secondary N) is 1. The predicted molar refractivity (Wildman–Crippen MR) is 59.6 cm³/mol. The third-order valence-corrected chi connectivity index (χ3v) is 2.37. The molecule has 1 aromatic rings. The average Bonchev–Trinajstić information content (AvgIpc) is 2.18. The molecule has 0 heterocycles. The van der Waals surface area contributed by atoms with Crippen LogP contribution in [0.25, 0.3) is 0 Å². The third-order valence-electron chi connectivity index (χ3n) is 1.87. The van der Waals surface area contributed by atoms with Crippen LogP contribution < -0.4 is 11.1 Å². The molecule has 0 aliphatic rings. The first kappa shape index (κ1) is 12.1. The van der Waals surface area contributed by atoms with Gasteiger partial charge in [0.1, 0.15) is 5.82 Å². The molecule has 5 heteroatoms. The van der Waals surface area contributed by atoms with Crippen molar-refractivity contribution in [3.63, 3.8) is 0 Å². The fraction of sp³-hybridized carbons (Fsp3) is 0.300. The van der Waals surface area contributed by atoms with Crippen LogP contribution in [0.15, 0.2) is 22.7 Å². The van der Waals surface area contributed by atoms with Gasteiger partial charge < -0.3 is 11.1 Å². The van der Waals surface area contributed by atoms with Crippen molar-refractivity contribution in [3.8, 4) is 0 Å². The van der Waals surface area contributed by atoms with Crippen LogP contribution in [0.2, 0.25) is 0 Å². The van der Waals surface area contributed by atoms with E-state index in [0.29, 0.717) is 5.56 Å². The van der Waals surface area contributed by atoms with Gasteiger partial charge in [0.2, 0.25) is 5.91 Å². The Balaban J connectivity index is 2.65. The van der Waals surface area contributed by atoms with Crippen LogP contribution in [0, 0.1) is 5.82 Å². The number of benzene rings is 1. The second-order valence-electron chi connectivity index (χ2n) is 3.24. The maximum Gasteiger partial charge on any atom is 0.236 e. The van der Waals surface area contributed by atoms with Gasteiger partial charge in [-0.3, -0.25) is 4.79 Å². The van der Waals surface area contributed by atoms with Gasteiger partial charge in [0.25, 0.3) is 0 Å². The minimum Gasteiger partial charge on any atom is -0.351 e. The molecule has 0 unspecified atom stereocenters. The van der Waals surface area contributed by atoms with Crippen LogP contribution in [-0.4, -0.2) is 11.9 Å². The molecule has 0 aliphatic carbocycles. The Labute approximate surface area is 96.0 Å². The molecule has 0 saturated carbocycles. The highest BCUT2D eigenvalue weighted by molar-refractivity contribution is 9.10. The van der Waals surface area contributed by atoms with E-state index in [0.717, 1.165) is 4.47 Å². The Morgan fingerprint density at radius 1 is 1.67 bits per heavy atom. The number of halogens is 2. The summed E-state index contributed by atoms with van der Waals surface area (Å²) in [7, 11) is 0. The largest absolute Gasteiger partial charge is 0.351 e. The average molecular weight is 275 g/mol. The molecule has 82 valence electrons. The molecule has 3 N–H and O–H groups in total. The van der Waals surface area contributed by atoms with E-state index in [9.17, 15) is 9.18 Å². The minimum absolute atomic E-state index is 0.144. The van der Waals surface area contributed by atoms with Crippen molar-refractivity contribution in [1.82, 2.24) is 5.32 Å². The molecule has 0 saturated heterocycles. The monoisotopic (exact) mass is 274 g/mol. The van der Waals surface area contributed by atoms with E-state index in [1.165, 1.54) is 6.07 Å². The summed E-state index contributed by atoms with van der Waals surface area (Å²) < 4.78 is 14.0. The summed E-state index contributed by atoms with van der Waals surface area (Å²) in [5.41, 5.74) is 5.78. The highest BCUT2D eigenvalue weighted by Crippen LogP contribution is 2.15. The maximum absolute atomic E-state index is 13.2. The lowest BCUT2D eigenvalue weighted by atomic mass is 10.2. The normalized spacial score (nSPS) is 12.3. The zero-order valence-electron chi connectivity index (χ0n) is 8.26. The van der Waals surface area contributed by atoms with E-state index in [-0.39, 0.29) is 18.3 Å². The fourth-order valence-corrected chi connectivity index (χ4v) is 1.43. The van der Waals surface area contributed by atoms with E-state index in [4.69, 9.17) is 5.73 Å². The molecule has 0 fully saturated rings. The van der Waals surface area contributed by atoms with Crippen molar-refractivity contribution < 1.29 is 9.18 Å². The fourth-order valence-electron chi connectivity index (χ4n) is 1.02. The summed E-state index contributed by atoms with van der Waals surface area (Å²) in [6.07, 6.45) is 0. The summed E-state index contributed by atoms with van der Waals surface area (Å²) in [6.45, 7) is 1.72. The number of hydrogen-bond donors (Lipinski definition) is 2. The van der Waals surface area contributed by atoms with E-state index < -0.39 is 6.04 Å². The van der Waals surface area contributed by atoms with Crippen LogP contribution in [0.4, 0.5) is 4.39 Å². The van der Waals surface area contributed by atoms with Crippen molar-refractivity contribution in [2.75, 3.05) is 0 Å². The topological polar surface area (TPSA) is 55.1 Å². The third kappa shape index (κ3) is 3.60. The zero-order chi connectivity index (χ0) is 11.4. The molecule has 0 aliphatic heterocycles. The minimum atomic E-state index is -0.583. The van der Waals surface area contributed by atoms with Crippen molar-refractivity contribution in [2.24, 2.45) is 5.73 Å². The summed E-state index contributed by atoms with van der Waals surface area (Å²) >= 11 is 3.23. The standard InChI is InChI=1S/C10H12BrFN2O/c1-6(13)10(15)14-5-7-4-8(11)2-3-9(7)12/h2-4,6H,5,13H2,1H3,(H,14,15)/t6-/m1/s1. The molecular weight excluding hydrogens is 263 g/mol. The van der Waals surface area contributed by atoms with Crippen LogP contribution >= 0.6 is 15.9 Å². The van der Waals surface area contributed by atoms with Crippen molar-refractivity contribution in [3.05, 3.63) is 34.1 Å². The number of amides is 1. The first-order valence-electron chi connectivity index (χ1n) is 4.48. The quantitative estimate of drug-likeness (QED) is 0.879. The van der Waals surface area contributed by atoms with Gasteiger partial charge in [0.05, 0.1) is 6.04 Å². The van der Waals surface area contributed by atoms with E-state index >= 15 is 0 Å². The van der Waals surface area contributed by atoms with E-state index in [1.54, 1.807) is 19.1 Å². The molecule has 1 amide bonds. The number of nitrogens with two attached hydrogens (primary N) is 1. The summed E-state index contributed by atoms with van der Waals surface area (Å²) in [5, 5.41) is 2.54. The second-order valence-corrected chi connectivity index (χ2v) is 4.16. The molecule has 1 aromatic carbocycles. The number of hydrogen-bond acceptors (Lipinski definition) is 2. The molecule has 0 spiro atoms. The van der Waals surface area contributed by atoms with Crippen LogP contribution in [-0.2, 0) is 11.3 Å². The molecule has 0 bridgehead atoms. The SMILES string of the molecule is C[C@@H](N)C(=O)NCc1cc(Br)ccc1F. The van der Waals surface area contributed by atoms with Gasteiger partial charge in [0.15, 0.2) is 0 Å². The lowest BCUT2D eigenvalue weighted by Gasteiger charge is -2.08. The summed E-state index contributed by atoms with van der Waals surface area (Å²) in [4.78, 5) is 11.1. The molecule has 0 radical (unpaired) electrons. The molecule has 3 nitrogen and oxygen atoms in total. The smallest absolute Gasteiger partial charge is 0.236 e. The highest BCUT2D eigenvalue weighted by atomic mass is 79.9. The lowest BCUT2D eigenvalue weighted by molar-refractivity contribution is -0.122. The first-order chi connectivity index (χ1) is 7.00. The van der Waals surface area contributed by atoms with Gasteiger partial charge in [-0.1, -0.05) is 15.9 Å². The van der Waals surface area contributed by atoms with Crippen molar-refractivity contribution in [1.29, 1.82) is 0 Å². The molecule has 1 rings (SSSR count). The van der Waals surface area contributed by atoms with Gasteiger partial charge in [0, 0.05) is 16.6 Å². The Morgan fingerprint density at radius 3 is 2.93 bits per heavy atom. The zero-order valence-corrected chi connectivity index (χ0v) is 9.84. The van der Waals surface area contributed by atoms with Gasteiger partial charge >= 0.3 is 0 Å². The number of carbonyl (C=O) groups is 1. The van der Waals surface area contributed by atoms with Crippen molar-refractivity contribution >= 4 is 21.8 Å². The first-order valence-corrected chi connectivity index (χ1v) is 5.27. The summed E-state index contributed by atoms with van der Waals surface area (Å²) in [5.74, 6) is -0.641. The Hall–Kier alpha value is -0.940. The maximum atomic E-state index is 13.2. The van der Waals surface area contributed by atoms with Crippen LogP contribution in [0.5, 0.6) is 0 Å². The second kappa shape index (κ2) is 5.23. The van der Waals surface area contributed by atoms with E-state index in [2.05, 4.69) is 21.2 Å².